The van der Waals surface area contributed by atoms with E-state index < -0.39 is 13.0 Å². The number of nitrogens with zero attached hydrogens (tertiary/aromatic N) is 1. The number of benzene rings is 2. The van der Waals surface area contributed by atoms with Crippen molar-refractivity contribution in [3.8, 4) is 5.75 Å². The van der Waals surface area contributed by atoms with Crippen molar-refractivity contribution in [3.63, 3.8) is 0 Å². The van der Waals surface area contributed by atoms with Crippen molar-refractivity contribution >= 4 is 46.5 Å². The lowest BCUT2D eigenvalue weighted by Gasteiger charge is -2.44. The Kier molecular flexibility index (Phi) is 7.67. The number of phenolic OH excluding ortho intramolecular Hbond substituents is 1. The molecule has 2 amide bonds. The highest BCUT2D eigenvalue weighted by Gasteiger charge is 2.56. The van der Waals surface area contributed by atoms with Gasteiger partial charge in [0, 0.05) is 17.1 Å². The lowest BCUT2D eigenvalue weighted by atomic mass is 9.57. The lowest BCUT2D eigenvalue weighted by molar-refractivity contribution is -0.138. The van der Waals surface area contributed by atoms with Crippen molar-refractivity contribution in [2.45, 2.75) is 45.5 Å². The molecule has 5 rings (SSSR count). The molecule has 0 unspecified atom stereocenters. The van der Waals surface area contributed by atoms with Gasteiger partial charge in [0.25, 0.3) is 0 Å². The summed E-state index contributed by atoms with van der Waals surface area (Å²) in [4.78, 5) is 27.3. The standard InChI is InChI=1S/C30H33BBrNO5/c1-17(2)22-15-23-28(30(36)33(3)29(23)35)24-16-31(37)38-26(27(22)24)12-9-19(18-7-5-4-6-8-18)13-20-14-21(32)10-11-25(20)34/h4-8,10-11,13-14,17,23-24,26,28,34,37H,9,12,15-16H2,1-3H3/b19-13-/t23-,24+,26-,28-/m1/s1. The van der Waals surface area contributed by atoms with Crippen molar-refractivity contribution in [1.82, 2.24) is 4.90 Å². The fourth-order valence-electron chi connectivity index (χ4n) is 6.47. The van der Waals surface area contributed by atoms with Gasteiger partial charge in [0.05, 0.1) is 17.9 Å². The predicted octanol–water partition coefficient (Wildman–Crippen LogP) is 5.56. The Morgan fingerprint density at radius 2 is 1.89 bits per heavy atom. The maximum absolute atomic E-state index is 13.1. The minimum absolute atomic E-state index is 0.113. The number of fused-ring (bicyclic) bond motifs is 3. The van der Waals surface area contributed by atoms with Crippen molar-refractivity contribution in [2.75, 3.05) is 7.05 Å². The molecule has 0 radical (unpaired) electrons. The van der Waals surface area contributed by atoms with E-state index in [1.54, 1.807) is 19.2 Å². The van der Waals surface area contributed by atoms with E-state index in [-0.39, 0.29) is 41.4 Å². The van der Waals surface area contributed by atoms with Gasteiger partial charge in [-0.3, -0.25) is 14.5 Å². The molecule has 0 spiro atoms. The number of likely N-dealkylation sites (tertiary alicyclic amines) is 1. The van der Waals surface area contributed by atoms with Crippen LogP contribution in [0.4, 0.5) is 0 Å². The molecule has 0 aromatic heterocycles. The van der Waals surface area contributed by atoms with Crippen LogP contribution < -0.4 is 0 Å². The quantitative estimate of drug-likeness (QED) is 0.203. The number of amides is 2. The van der Waals surface area contributed by atoms with Crippen LogP contribution in [0.1, 0.15) is 44.2 Å². The van der Waals surface area contributed by atoms with E-state index in [0.717, 1.165) is 21.2 Å². The zero-order valence-electron chi connectivity index (χ0n) is 21.9. The van der Waals surface area contributed by atoms with Gasteiger partial charge in [0.15, 0.2) is 0 Å². The van der Waals surface area contributed by atoms with Gasteiger partial charge in [-0.05, 0) is 78.4 Å². The van der Waals surface area contributed by atoms with E-state index in [0.29, 0.717) is 31.1 Å². The highest BCUT2D eigenvalue weighted by Crippen LogP contribution is 2.51. The molecule has 3 aliphatic rings. The first-order chi connectivity index (χ1) is 18.2. The van der Waals surface area contributed by atoms with Crippen LogP contribution in [0.25, 0.3) is 11.6 Å². The van der Waals surface area contributed by atoms with Crippen LogP contribution in [0, 0.1) is 23.7 Å². The Morgan fingerprint density at radius 3 is 2.61 bits per heavy atom. The topological polar surface area (TPSA) is 87.1 Å². The van der Waals surface area contributed by atoms with E-state index in [9.17, 15) is 19.7 Å². The molecular weight excluding hydrogens is 545 g/mol. The summed E-state index contributed by atoms with van der Waals surface area (Å²) in [7, 11) is 0.576. The summed E-state index contributed by atoms with van der Waals surface area (Å²) in [5, 5.41) is 21.3. The molecule has 38 heavy (non-hydrogen) atoms. The Balaban J connectivity index is 1.51. The largest absolute Gasteiger partial charge is 0.507 e. The molecule has 6 nitrogen and oxygen atoms in total. The number of allylic oxidation sites excluding steroid dienone is 2. The Hall–Kier alpha value is -2.68. The van der Waals surface area contributed by atoms with Crippen LogP contribution >= 0.6 is 15.9 Å². The number of aromatic hydroxyl groups is 1. The number of rotatable bonds is 6. The predicted molar refractivity (Wildman–Crippen MR) is 152 cm³/mol. The van der Waals surface area contributed by atoms with Crippen LogP contribution in [-0.2, 0) is 14.2 Å². The maximum Gasteiger partial charge on any atom is 0.455 e. The maximum atomic E-state index is 13.1. The second kappa shape index (κ2) is 10.8. The van der Waals surface area contributed by atoms with Crippen LogP contribution in [0.3, 0.4) is 0 Å². The van der Waals surface area contributed by atoms with Crippen molar-refractivity contribution in [1.29, 1.82) is 0 Å². The van der Waals surface area contributed by atoms with E-state index in [4.69, 9.17) is 4.65 Å². The van der Waals surface area contributed by atoms with Gasteiger partial charge in [0.2, 0.25) is 11.8 Å². The average Bonchev–Trinajstić information content (AvgIpc) is 3.11. The SMILES string of the molecule is CC(C)C1=C2[C@@H](CC/C(=C/c3cc(Br)ccc3O)c3ccccc3)OB(O)C[C@@H]2[C@@H]2C(=O)N(C)C(=O)[C@@H]2C1. The molecular formula is C30H33BBrNO5. The van der Waals surface area contributed by atoms with E-state index in [1.165, 1.54) is 10.5 Å². The Bertz CT molecular complexity index is 1310. The summed E-state index contributed by atoms with van der Waals surface area (Å²) in [6.45, 7) is 4.25. The molecule has 2 aromatic carbocycles. The molecule has 4 atom stereocenters. The third kappa shape index (κ3) is 5.02. The highest BCUT2D eigenvalue weighted by molar-refractivity contribution is 9.10. The number of carbonyl (C=O) groups is 2. The fraction of sp³-hybridized carbons (Fsp3) is 0.400. The number of halogens is 1. The molecule has 2 aromatic rings. The summed E-state index contributed by atoms with van der Waals surface area (Å²) in [5.41, 5.74) is 5.06. The molecule has 2 N–H and O–H groups in total. The van der Waals surface area contributed by atoms with Crippen LogP contribution in [0.2, 0.25) is 6.32 Å². The van der Waals surface area contributed by atoms with Crippen molar-refractivity contribution in [2.24, 2.45) is 23.7 Å². The fourth-order valence-corrected chi connectivity index (χ4v) is 6.85. The van der Waals surface area contributed by atoms with E-state index in [2.05, 4.69) is 29.8 Å². The van der Waals surface area contributed by atoms with Crippen molar-refractivity contribution in [3.05, 3.63) is 75.3 Å². The third-order valence-electron chi connectivity index (χ3n) is 8.30. The van der Waals surface area contributed by atoms with Gasteiger partial charge in [-0.1, -0.05) is 65.7 Å². The number of carbonyl (C=O) groups excluding carboxylic acids is 2. The Morgan fingerprint density at radius 1 is 1.16 bits per heavy atom. The summed E-state index contributed by atoms with van der Waals surface area (Å²) in [6.07, 6.45) is 3.75. The molecule has 2 saturated heterocycles. The minimum Gasteiger partial charge on any atom is -0.507 e. The van der Waals surface area contributed by atoms with Gasteiger partial charge in [-0.25, -0.2) is 0 Å². The molecule has 2 heterocycles. The minimum atomic E-state index is -0.993. The van der Waals surface area contributed by atoms with Gasteiger partial charge < -0.3 is 14.8 Å². The lowest BCUT2D eigenvalue weighted by Crippen LogP contribution is -2.46. The molecule has 0 bridgehead atoms. The molecule has 2 aliphatic heterocycles. The Labute approximate surface area is 232 Å². The summed E-state index contributed by atoms with van der Waals surface area (Å²) < 4.78 is 7.03. The third-order valence-corrected chi connectivity index (χ3v) is 8.79. The number of hydrogen-bond donors (Lipinski definition) is 2. The summed E-state index contributed by atoms with van der Waals surface area (Å²) >= 11 is 3.50. The monoisotopic (exact) mass is 577 g/mol. The van der Waals surface area contributed by atoms with Crippen molar-refractivity contribution < 1.29 is 24.4 Å². The molecule has 0 saturated carbocycles. The van der Waals surface area contributed by atoms with Gasteiger partial charge in [-0.15, -0.1) is 0 Å². The second-order valence-electron chi connectivity index (χ2n) is 10.9. The first kappa shape index (κ1) is 26.9. The van der Waals surface area contributed by atoms with Gasteiger partial charge in [-0.2, -0.15) is 0 Å². The molecule has 1 aliphatic carbocycles. The highest BCUT2D eigenvalue weighted by atomic mass is 79.9. The first-order valence-corrected chi connectivity index (χ1v) is 14.1. The summed E-state index contributed by atoms with van der Waals surface area (Å²) in [6, 6.07) is 15.4. The van der Waals surface area contributed by atoms with Gasteiger partial charge >= 0.3 is 7.12 Å². The van der Waals surface area contributed by atoms with E-state index >= 15 is 0 Å². The normalized spacial score (nSPS) is 25.8. The first-order valence-electron chi connectivity index (χ1n) is 13.3. The van der Waals surface area contributed by atoms with Crippen LogP contribution in [0.15, 0.2) is 64.1 Å². The number of imide groups is 1. The van der Waals surface area contributed by atoms with Gasteiger partial charge in [0.1, 0.15) is 5.75 Å². The number of hydrogen-bond acceptors (Lipinski definition) is 5. The summed E-state index contributed by atoms with van der Waals surface area (Å²) in [5.74, 6) is -0.864. The molecule has 8 heteroatoms. The van der Waals surface area contributed by atoms with Crippen LogP contribution in [0.5, 0.6) is 5.75 Å². The zero-order chi connectivity index (χ0) is 27.1. The molecule has 2 fully saturated rings. The molecule has 198 valence electrons. The van der Waals surface area contributed by atoms with E-state index in [1.807, 2.05) is 42.5 Å². The number of phenols is 1. The second-order valence-corrected chi connectivity index (χ2v) is 11.8. The zero-order valence-corrected chi connectivity index (χ0v) is 23.5. The van der Waals surface area contributed by atoms with Crippen LogP contribution in [-0.4, -0.2) is 47.1 Å². The smallest absolute Gasteiger partial charge is 0.455 e. The average molecular weight is 578 g/mol.